The monoisotopic (exact) mass is 400 g/mol. The number of likely N-dealkylation sites (tertiary alicyclic amines) is 1. The summed E-state index contributed by atoms with van der Waals surface area (Å²) in [6.07, 6.45) is 10.9. The van der Waals surface area contributed by atoms with Crippen molar-refractivity contribution < 1.29 is 0 Å². The molecule has 2 aromatic heterocycles. The van der Waals surface area contributed by atoms with Crippen molar-refractivity contribution in [2.45, 2.75) is 53.4 Å². The number of aromatic amines is 1. The number of piperidine rings is 1. The van der Waals surface area contributed by atoms with Gasteiger partial charge in [-0.2, -0.15) is 0 Å². The van der Waals surface area contributed by atoms with Gasteiger partial charge in [-0.25, -0.2) is 0 Å². The molecule has 0 unspecified atom stereocenters. The molecule has 0 spiro atoms. The molecule has 0 bridgehead atoms. The van der Waals surface area contributed by atoms with E-state index in [0.29, 0.717) is 11.6 Å². The van der Waals surface area contributed by atoms with Crippen molar-refractivity contribution in [2.24, 2.45) is 7.05 Å². The maximum Gasteiger partial charge on any atom is 0.279 e. The zero-order valence-corrected chi connectivity index (χ0v) is 18.6. The van der Waals surface area contributed by atoms with Gasteiger partial charge in [0.2, 0.25) is 5.95 Å². The minimum Gasteiger partial charge on any atom is -0.354 e. The lowest BCUT2D eigenvalue weighted by Crippen LogP contribution is -2.31. The molecule has 2 aromatic rings. The summed E-state index contributed by atoms with van der Waals surface area (Å²) in [5, 5.41) is 11.5. The van der Waals surface area contributed by atoms with E-state index in [0.717, 1.165) is 36.3 Å². The lowest BCUT2D eigenvalue weighted by Gasteiger charge is -2.26. The van der Waals surface area contributed by atoms with Crippen LogP contribution in [0.2, 0.25) is 0 Å². The number of H-pyrrole nitrogens is 1. The van der Waals surface area contributed by atoms with E-state index in [1.165, 1.54) is 32.4 Å². The van der Waals surface area contributed by atoms with Gasteiger partial charge in [-0.3, -0.25) is 9.78 Å². The molecule has 0 aromatic carbocycles. The Bertz CT molecular complexity index is 841. The topological polar surface area (TPSA) is 78.8 Å². The first-order valence-corrected chi connectivity index (χ1v) is 10.6. The molecule has 2 N–H and O–H groups in total. The maximum atomic E-state index is 12.4. The molecule has 0 saturated carbocycles. The highest BCUT2D eigenvalue weighted by Crippen LogP contribution is 2.22. The largest absolute Gasteiger partial charge is 0.354 e. The number of anilines is 1. The summed E-state index contributed by atoms with van der Waals surface area (Å²) in [5.41, 5.74) is 3.19. The Morgan fingerprint density at radius 1 is 1.14 bits per heavy atom. The average molecular weight is 401 g/mol. The minimum absolute atomic E-state index is 0.206. The van der Waals surface area contributed by atoms with Crippen LogP contribution < -0.4 is 10.9 Å². The van der Waals surface area contributed by atoms with Gasteiger partial charge in [0.15, 0.2) is 5.69 Å². The highest BCUT2D eigenvalue weighted by atomic mass is 16.1. The highest BCUT2D eigenvalue weighted by molar-refractivity contribution is 5.63. The molecule has 3 heterocycles. The van der Waals surface area contributed by atoms with E-state index in [2.05, 4.69) is 25.4 Å². The van der Waals surface area contributed by atoms with Crippen molar-refractivity contribution in [3.05, 3.63) is 40.0 Å². The summed E-state index contributed by atoms with van der Waals surface area (Å²) in [4.78, 5) is 17.7. The van der Waals surface area contributed by atoms with Crippen LogP contribution in [-0.4, -0.2) is 50.8 Å². The summed E-state index contributed by atoms with van der Waals surface area (Å²) in [5.74, 6) is 0.442. The second-order valence-electron chi connectivity index (χ2n) is 7.56. The Morgan fingerprint density at radius 2 is 1.83 bits per heavy atom. The van der Waals surface area contributed by atoms with Crippen LogP contribution in [0.3, 0.4) is 0 Å². The summed E-state index contributed by atoms with van der Waals surface area (Å²) >= 11 is 0. The number of nitrogens with one attached hydrogen (secondary N) is 2. The number of aryl methyl sites for hydroxylation is 1. The zero-order valence-electron chi connectivity index (χ0n) is 18.6. The smallest absolute Gasteiger partial charge is 0.279 e. The molecule has 3 rings (SSSR count). The van der Waals surface area contributed by atoms with Crippen LogP contribution in [0.4, 0.5) is 5.95 Å². The molecule has 0 amide bonds. The molecular weight excluding hydrogens is 364 g/mol. The van der Waals surface area contributed by atoms with Crippen LogP contribution >= 0.6 is 0 Å². The van der Waals surface area contributed by atoms with E-state index in [1.54, 1.807) is 0 Å². The van der Waals surface area contributed by atoms with Gasteiger partial charge in [0.1, 0.15) is 0 Å². The van der Waals surface area contributed by atoms with Crippen molar-refractivity contribution >= 4 is 5.95 Å². The summed E-state index contributed by atoms with van der Waals surface area (Å²) < 4.78 is 2.00. The lowest BCUT2D eigenvalue weighted by molar-refractivity contribution is 0.228. The van der Waals surface area contributed by atoms with Crippen molar-refractivity contribution in [1.82, 2.24) is 24.6 Å². The molecule has 1 saturated heterocycles. The van der Waals surface area contributed by atoms with Crippen LogP contribution in [0.15, 0.2) is 23.1 Å². The number of hydrogen-bond acceptors (Lipinski definition) is 5. The Labute approximate surface area is 174 Å². The van der Waals surface area contributed by atoms with E-state index in [4.69, 9.17) is 0 Å². The van der Waals surface area contributed by atoms with E-state index in [1.807, 2.05) is 57.7 Å². The Balaban J connectivity index is 0.000000687. The van der Waals surface area contributed by atoms with Crippen LogP contribution in [-0.2, 0) is 7.05 Å². The normalized spacial score (nSPS) is 14.7. The van der Waals surface area contributed by atoms with Gasteiger partial charge in [0, 0.05) is 31.0 Å². The van der Waals surface area contributed by atoms with Crippen molar-refractivity contribution in [1.29, 1.82) is 0 Å². The number of nitrogens with zero attached hydrogens (tertiary/aromatic N) is 4. The van der Waals surface area contributed by atoms with Gasteiger partial charge in [0.05, 0.1) is 0 Å². The molecular formula is C22H36N6O. The van der Waals surface area contributed by atoms with Gasteiger partial charge in [-0.1, -0.05) is 18.6 Å². The summed E-state index contributed by atoms with van der Waals surface area (Å²) in [6.45, 7) is 12.3. The van der Waals surface area contributed by atoms with Gasteiger partial charge >= 0.3 is 0 Å². The summed E-state index contributed by atoms with van der Waals surface area (Å²) in [6, 6.07) is 0. The second-order valence-corrected chi connectivity index (χ2v) is 7.56. The third-order valence-electron chi connectivity index (χ3n) is 5.48. The van der Waals surface area contributed by atoms with Crippen LogP contribution in [0.1, 0.15) is 50.8 Å². The molecule has 0 atom stereocenters. The molecule has 0 aliphatic carbocycles. The lowest BCUT2D eigenvalue weighted by atomic mass is 10.1. The van der Waals surface area contributed by atoms with E-state index < -0.39 is 0 Å². The first-order valence-electron chi connectivity index (χ1n) is 10.6. The van der Waals surface area contributed by atoms with Crippen LogP contribution in [0.5, 0.6) is 0 Å². The first kappa shape index (κ1) is 22.9. The fraction of sp³-hybridized carbons (Fsp3) is 0.591. The predicted molar refractivity (Wildman–Crippen MR) is 120 cm³/mol. The number of rotatable bonds is 6. The van der Waals surface area contributed by atoms with Gasteiger partial charge in [-0.05, 0) is 72.2 Å². The molecule has 7 heteroatoms. The standard InChI is InChI=1S/C18H28N6O.C4H8/c1-13-14(2)23(3)12-15(13)16-17(25)20-18(22-21-16)19-8-7-11-24-9-5-4-6-10-24;1-3-4-2/h12H,4-11H2,1-3H3,(H2,19,20,22,25);3-4H,1-2H3/b;4-3-. The van der Waals surface area contributed by atoms with Gasteiger partial charge in [-0.15, -0.1) is 10.2 Å². The predicted octanol–water partition coefficient (Wildman–Crippen LogP) is 3.66. The third-order valence-corrected chi connectivity index (χ3v) is 5.48. The molecule has 1 fully saturated rings. The van der Waals surface area contributed by atoms with Gasteiger partial charge in [0.25, 0.3) is 5.56 Å². The fourth-order valence-electron chi connectivity index (χ4n) is 3.37. The van der Waals surface area contributed by atoms with Crippen molar-refractivity contribution in [3.8, 4) is 11.3 Å². The van der Waals surface area contributed by atoms with Gasteiger partial charge < -0.3 is 14.8 Å². The number of allylic oxidation sites excluding steroid dienone is 2. The highest BCUT2D eigenvalue weighted by Gasteiger charge is 2.14. The Kier molecular flexibility index (Phi) is 9.12. The maximum absolute atomic E-state index is 12.4. The fourth-order valence-corrected chi connectivity index (χ4v) is 3.37. The molecule has 0 radical (unpaired) electrons. The zero-order chi connectivity index (χ0) is 21.2. The molecule has 29 heavy (non-hydrogen) atoms. The molecule has 160 valence electrons. The molecule has 1 aliphatic rings. The molecule has 7 nitrogen and oxygen atoms in total. The first-order chi connectivity index (χ1) is 14.0. The van der Waals surface area contributed by atoms with Crippen molar-refractivity contribution in [2.75, 3.05) is 31.5 Å². The molecule has 1 aliphatic heterocycles. The van der Waals surface area contributed by atoms with E-state index in [9.17, 15) is 4.79 Å². The Hall–Kier alpha value is -2.41. The Morgan fingerprint density at radius 3 is 2.38 bits per heavy atom. The minimum atomic E-state index is -0.206. The third kappa shape index (κ3) is 6.56. The average Bonchev–Trinajstić information content (AvgIpc) is 2.99. The van der Waals surface area contributed by atoms with Crippen LogP contribution in [0.25, 0.3) is 11.3 Å². The second kappa shape index (κ2) is 11.6. The number of hydrogen-bond donors (Lipinski definition) is 2. The van der Waals surface area contributed by atoms with E-state index >= 15 is 0 Å². The summed E-state index contributed by atoms with van der Waals surface area (Å²) in [7, 11) is 1.96. The SMILES string of the molecule is C/C=C\C.Cc1c(-c2nnc(NCCCN3CCCCC3)[nH]c2=O)cn(C)c1C. The van der Waals surface area contributed by atoms with Crippen LogP contribution in [0, 0.1) is 13.8 Å². The quantitative estimate of drug-likeness (QED) is 0.571. The number of aromatic nitrogens is 4. The van der Waals surface area contributed by atoms with E-state index in [-0.39, 0.29) is 5.56 Å². The van der Waals surface area contributed by atoms with Crippen molar-refractivity contribution in [3.63, 3.8) is 0 Å².